The van der Waals surface area contributed by atoms with E-state index in [2.05, 4.69) is 5.32 Å². The van der Waals surface area contributed by atoms with Crippen molar-refractivity contribution >= 4 is 11.9 Å². The Bertz CT molecular complexity index is 499. The van der Waals surface area contributed by atoms with Gasteiger partial charge in [0.1, 0.15) is 0 Å². The van der Waals surface area contributed by atoms with Gasteiger partial charge in [0.25, 0.3) is 0 Å². The molecule has 2 aliphatic rings. The highest BCUT2D eigenvalue weighted by atomic mass is 16.5. The standard InChI is InChI=1S/C21H35NO5/c1-26-18-11-12-19(27-2)16(14-18)8-13-20(23)22-17-9-6-15(7-10-17)4-3-5-21(24)25/h8,13,15-19H,3-7,9-12,14H2,1-2H3,(H,22,23)(H,24,25)/b13-8+. The topological polar surface area (TPSA) is 84.9 Å². The molecule has 0 aromatic rings. The number of hydrogen-bond donors (Lipinski definition) is 2. The second-order valence-corrected chi connectivity index (χ2v) is 7.98. The number of aliphatic carboxylic acids is 1. The van der Waals surface area contributed by atoms with E-state index in [1.807, 2.05) is 6.08 Å². The molecule has 6 heteroatoms. The minimum atomic E-state index is -0.715. The molecule has 3 unspecified atom stereocenters. The number of rotatable bonds is 9. The maximum Gasteiger partial charge on any atom is 0.303 e. The van der Waals surface area contributed by atoms with Crippen molar-refractivity contribution in [1.29, 1.82) is 0 Å². The number of methoxy groups -OCH3 is 2. The van der Waals surface area contributed by atoms with Gasteiger partial charge in [0.2, 0.25) is 5.91 Å². The molecule has 0 heterocycles. The summed E-state index contributed by atoms with van der Waals surface area (Å²) in [6.45, 7) is 0. The van der Waals surface area contributed by atoms with Gasteiger partial charge < -0.3 is 19.9 Å². The average Bonchev–Trinajstić information content (AvgIpc) is 2.67. The van der Waals surface area contributed by atoms with Crippen molar-refractivity contribution in [2.45, 2.75) is 82.5 Å². The first-order valence-electron chi connectivity index (χ1n) is 10.3. The molecule has 0 saturated heterocycles. The van der Waals surface area contributed by atoms with Crippen LogP contribution in [-0.2, 0) is 19.1 Å². The molecule has 0 aliphatic heterocycles. The van der Waals surface area contributed by atoms with Crippen LogP contribution < -0.4 is 5.32 Å². The number of carbonyl (C=O) groups is 2. The minimum absolute atomic E-state index is 0.0290. The first-order chi connectivity index (χ1) is 13.0. The zero-order valence-electron chi connectivity index (χ0n) is 16.7. The van der Waals surface area contributed by atoms with Gasteiger partial charge in [-0.05, 0) is 69.8 Å². The van der Waals surface area contributed by atoms with Gasteiger partial charge in [-0.2, -0.15) is 0 Å². The number of carboxylic acid groups (broad SMARTS) is 1. The van der Waals surface area contributed by atoms with E-state index < -0.39 is 5.97 Å². The van der Waals surface area contributed by atoms with Gasteiger partial charge in [-0.25, -0.2) is 0 Å². The zero-order chi connectivity index (χ0) is 19.6. The predicted molar refractivity (Wildman–Crippen MR) is 103 cm³/mol. The van der Waals surface area contributed by atoms with Gasteiger partial charge in [0, 0.05) is 32.6 Å². The van der Waals surface area contributed by atoms with Crippen molar-refractivity contribution in [3.05, 3.63) is 12.2 Å². The van der Waals surface area contributed by atoms with Crippen molar-refractivity contribution < 1.29 is 24.2 Å². The predicted octanol–water partition coefficient (Wildman–Crippen LogP) is 3.30. The molecule has 0 aromatic heterocycles. The van der Waals surface area contributed by atoms with Crippen LogP contribution in [0.5, 0.6) is 0 Å². The number of ether oxygens (including phenoxy) is 2. The molecule has 3 atom stereocenters. The smallest absolute Gasteiger partial charge is 0.303 e. The second-order valence-electron chi connectivity index (χ2n) is 7.98. The molecule has 2 N–H and O–H groups in total. The average molecular weight is 382 g/mol. The fourth-order valence-corrected chi connectivity index (χ4v) is 4.44. The third kappa shape index (κ3) is 7.62. The first-order valence-corrected chi connectivity index (χ1v) is 10.3. The number of carboxylic acids is 1. The van der Waals surface area contributed by atoms with E-state index in [-0.39, 0.29) is 36.5 Å². The lowest BCUT2D eigenvalue weighted by Crippen LogP contribution is -2.37. The van der Waals surface area contributed by atoms with Crippen LogP contribution in [0.1, 0.15) is 64.2 Å². The summed E-state index contributed by atoms with van der Waals surface area (Å²) in [6, 6.07) is 0.231. The quantitative estimate of drug-likeness (QED) is 0.599. The largest absolute Gasteiger partial charge is 0.481 e. The van der Waals surface area contributed by atoms with E-state index in [1.165, 1.54) is 0 Å². The summed E-state index contributed by atoms with van der Waals surface area (Å²) in [4.78, 5) is 22.9. The lowest BCUT2D eigenvalue weighted by Gasteiger charge is -2.33. The minimum Gasteiger partial charge on any atom is -0.481 e. The Labute approximate surface area is 162 Å². The zero-order valence-corrected chi connectivity index (χ0v) is 16.7. The van der Waals surface area contributed by atoms with Crippen LogP contribution >= 0.6 is 0 Å². The summed E-state index contributed by atoms with van der Waals surface area (Å²) in [5.74, 6) is 0.0695. The van der Waals surface area contributed by atoms with Gasteiger partial charge in [-0.3, -0.25) is 9.59 Å². The van der Waals surface area contributed by atoms with Crippen molar-refractivity contribution in [2.24, 2.45) is 11.8 Å². The summed E-state index contributed by atoms with van der Waals surface area (Å²) >= 11 is 0. The monoisotopic (exact) mass is 381 g/mol. The molecule has 0 bridgehead atoms. The lowest BCUT2D eigenvalue weighted by atomic mass is 9.83. The molecular formula is C21H35NO5. The third-order valence-electron chi connectivity index (χ3n) is 6.11. The van der Waals surface area contributed by atoms with Crippen molar-refractivity contribution in [2.75, 3.05) is 14.2 Å². The second kappa shape index (κ2) is 11.4. The summed E-state index contributed by atoms with van der Waals surface area (Å²) < 4.78 is 11.0. The SMILES string of the molecule is COC1CCC(OC)C(/C=C/C(=O)NC2CCC(CCCC(=O)O)CC2)C1. The first kappa shape index (κ1) is 21.9. The number of hydrogen-bond acceptors (Lipinski definition) is 4. The van der Waals surface area contributed by atoms with E-state index >= 15 is 0 Å². The molecule has 0 spiro atoms. The van der Waals surface area contributed by atoms with Crippen molar-refractivity contribution in [3.8, 4) is 0 Å². The molecule has 0 aromatic carbocycles. The number of nitrogens with one attached hydrogen (secondary N) is 1. The van der Waals surface area contributed by atoms with Crippen LogP contribution in [0.4, 0.5) is 0 Å². The molecule has 2 aliphatic carbocycles. The fraction of sp³-hybridized carbons (Fsp3) is 0.810. The highest BCUT2D eigenvalue weighted by Gasteiger charge is 2.29. The maximum atomic E-state index is 12.3. The molecule has 2 fully saturated rings. The summed E-state index contributed by atoms with van der Waals surface area (Å²) in [7, 11) is 3.47. The van der Waals surface area contributed by atoms with Gasteiger partial charge in [-0.1, -0.05) is 6.08 Å². The van der Waals surface area contributed by atoms with Crippen LogP contribution in [0, 0.1) is 11.8 Å². The van der Waals surface area contributed by atoms with Crippen LogP contribution in [-0.4, -0.2) is 49.5 Å². The Morgan fingerprint density at radius 3 is 2.44 bits per heavy atom. The molecule has 0 radical (unpaired) electrons. The third-order valence-corrected chi connectivity index (χ3v) is 6.11. The fourth-order valence-electron chi connectivity index (χ4n) is 4.44. The van der Waals surface area contributed by atoms with Crippen molar-refractivity contribution in [1.82, 2.24) is 5.32 Å². The van der Waals surface area contributed by atoms with Crippen LogP contribution in [0.15, 0.2) is 12.2 Å². The molecule has 1 amide bonds. The summed E-state index contributed by atoms with van der Waals surface area (Å²) in [5, 5.41) is 11.8. The van der Waals surface area contributed by atoms with Crippen LogP contribution in [0.3, 0.4) is 0 Å². The molecule has 2 rings (SSSR count). The van der Waals surface area contributed by atoms with Crippen molar-refractivity contribution in [3.63, 3.8) is 0 Å². The molecular weight excluding hydrogens is 346 g/mol. The maximum absolute atomic E-state index is 12.3. The van der Waals surface area contributed by atoms with E-state index in [0.29, 0.717) is 5.92 Å². The molecule has 6 nitrogen and oxygen atoms in total. The van der Waals surface area contributed by atoms with Gasteiger partial charge in [0.05, 0.1) is 12.2 Å². The molecule has 2 saturated carbocycles. The normalized spacial score (nSPS) is 31.7. The van der Waals surface area contributed by atoms with Gasteiger partial charge in [-0.15, -0.1) is 0 Å². The van der Waals surface area contributed by atoms with Crippen LogP contribution in [0.2, 0.25) is 0 Å². The van der Waals surface area contributed by atoms with Gasteiger partial charge >= 0.3 is 5.97 Å². The summed E-state index contributed by atoms with van der Waals surface area (Å²) in [6.07, 6.45) is 13.0. The lowest BCUT2D eigenvalue weighted by molar-refractivity contribution is -0.137. The van der Waals surface area contributed by atoms with Gasteiger partial charge in [0.15, 0.2) is 0 Å². The van der Waals surface area contributed by atoms with E-state index in [9.17, 15) is 9.59 Å². The Hall–Kier alpha value is -1.40. The highest BCUT2D eigenvalue weighted by molar-refractivity contribution is 5.87. The highest BCUT2D eigenvalue weighted by Crippen LogP contribution is 2.30. The van der Waals surface area contributed by atoms with E-state index in [1.54, 1.807) is 20.3 Å². The Kier molecular flexibility index (Phi) is 9.28. The Morgan fingerprint density at radius 1 is 1.07 bits per heavy atom. The molecule has 27 heavy (non-hydrogen) atoms. The number of amides is 1. The Balaban J connectivity index is 1.71. The number of carbonyl (C=O) groups excluding carboxylic acids is 1. The van der Waals surface area contributed by atoms with Crippen LogP contribution in [0.25, 0.3) is 0 Å². The van der Waals surface area contributed by atoms with E-state index in [4.69, 9.17) is 14.6 Å². The summed E-state index contributed by atoms with van der Waals surface area (Å²) in [5.41, 5.74) is 0. The van der Waals surface area contributed by atoms with E-state index in [0.717, 1.165) is 57.8 Å². The Morgan fingerprint density at radius 2 is 1.81 bits per heavy atom. The molecule has 154 valence electrons.